The average molecular weight is 561 g/mol. The van der Waals surface area contributed by atoms with Crippen LogP contribution < -0.4 is 33.4 Å². The summed E-state index contributed by atoms with van der Waals surface area (Å²) in [5, 5.41) is 31.4. The minimum Gasteiger partial charge on any atom is -0.394 e. The number of rotatable bonds is 8. The van der Waals surface area contributed by atoms with Crippen LogP contribution in [0.4, 0.5) is 11.9 Å². The lowest BCUT2D eigenvalue weighted by atomic mass is 10.1. The topological polar surface area (TPSA) is 282 Å². The summed E-state index contributed by atoms with van der Waals surface area (Å²) in [7, 11) is 0. The van der Waals surface area contributed by atoms with Gasteiger partial charge in [-0.2, -0.15) is 9.97 Å². The molecule has 11 N–H and O–H groups in total. The molecule has 0 spiro atoms. The van der Waals surface area contributed by atoms with Crippen LogP contribution in [-0.4, -0.2) is 98.0 Å². The van der Waals surface area contributed by atoms with Crippen molar-refractivity contribution in [2.75, 3.05) is 24.6 Å². The highest BCUT2D eigenvalue weighted by molar-refractivity contribution is 5.71. The van der Waals surface area contributed by atoms with Crippen molar-refractivity contribution in [1.82, 2.24) is 49.9 Å². The smallest absolute Gasteiger partial charge is 0.280 e. The highest BCUT2D eigenvalue weighted by Crippen LogP contribution is 2.32. The zero-order valence-corrected chi connectivity index (χ0v) is 20.8. The molecule has 40 heavy (non-hydrogen) atoms. The van der Waals surface area contributed by atoms with Crippen LogP contribution >= 0.6 is 0 Å². The Labute approximate surface area is 223 Å². The molecule has 6 rings (SSSR count). The fraction of sp³-hybridized carbons (Fsp3) is 0.524. The SMILES string of the molecule is Nc1nc2c(ncn2[C@@H]2O[C@H](CO)[C@@H](NNCC[C@H]3O[C@@H](n4cnc5c(=O)[nH]c(N)nc54)C[C@@H]3O)[C@H]2O)c(=O)[nH]1. The van der Waals surface area contributed by atoms with Gasteiger partial charge in [0.05, 0.1) is 37.5 Å². The molecule has 0 bridgehead atoms. The number of imidazole rings is 2. The van der Waals surface area contributed by atoms with E-state index in [0.29, 0.717) is 13.0 Å². The number of H-pyrrole nitrogens is 2. The molecule has 0 unspecified atom stereocenters. The molecular formula is C21H28N12O7. The minimum absolute atomic E-state index is 0.0308. The zero-order chi connectivity index (χ0) is 28.1. The molecule has 0 saturated carbocycles. The van der Waals surface area contributed by atoms with Gasteiger partial charge in [0.25, 0.3) is 11.1 Å². The molecule has 2 aliphatic heterocycles. The van der Waals surface area contributed by atoms with Crippen LogP contribution in [0.25, 0.3) is 22.3 Å². The van der Waals surface area contributed by atoms with E-state index in [1.165, 1.54) is 17.2 Å². The van der Waals surface area contributed by atoms with E-state index in [2.05, 4.69) is 40.8 Å². The Morgan fingerprint density at radius 3 is 2.25 bits per heavy atom. The first kappa shape index (κ1) is 26.3. The fourth-order valence-electron chi connectivity index (χ4n) is 5.14. The van der Waals surface area contributed by atoms with Crippen molar-refractivity contribution in [2.24, 2.45) is 0 Å². The van der Waals surface area contributed by atoms with E-state index in [9.17, 15) is 24.9 Å². The molecule has 0 amide bonds. The van der Waals surface area contributed by atoms with Crippen molar-refractivity contribution in [3.8, 4) is 0 Å². The third kappa shape index (κ3) is 4.48. The monoisotopic (exact) mass is 560 g/mol. The van der Waals surface area contributed by atoms with E-state index in [0.717, 1.165) is 0 Å². The normalized spacial score (nSPS) is 28.7. The maximum absolute atomic E-state index is 12.1. The van der Waals surface area contributed by atoms with Crippen molar-refractivity contribution >= 4 is 34.2 Å². The van der Waals surface area contributed by atoms with Crippen molar-refractivity contribution in [1.29, 1.82) is 0 Å². The first-order chi connectivity index (χ1) is 19.2. The zero-order valence-electron chi connectivity index (χ0n) is 20.8. The molecule has 6 heterocycles. The lowest BCUT2D eigenvalue weighted by molar-refractivity contribution is -0.0490. The molecule has 2 saturated heterocycles. The molecule has 19 heteroatoms. The van der Waals surface area contributed by atoms with Crippen LogP contribution in [0.5, 0.6) is 0 Å². The van der Waals surface area contributed by atoms with Gasteiger partial charge in [0.1, 0.15) is 18.4 Å². The summed E-state index contributed by atoms with van der Waals surface area (Å²) in [6.07, 6.45) is -1.56. The van der Waals surface area contributed by atoms with Crippen LogP contribution in [0, 0.1) is 0 Å². The number of nitrogens with two attached hydrogens (primary N) is 2. The fourth-order valence-corrected chi connectivity index (χ4v) is 5.14. The van der Waals surface area contributed by atoms with Gasteiger partial charge >= 0.3 is 0 Å². The number of aliphatic hydroxyl groups is 3. The molecule has 0 aromatic carbocycles. The number of nitrogen functional groups attached to an aromatic ring is 2. The third-order valence-electron chi connectivity index (χ3n) is 7.07. The van der Waals surface area contributed by atoms with Crippen LogP contribution in [0.1, 0.15) is 25.3 Å². The van der Waals surface area contributed by atoms with E-state index >= 15 is 0 Å². The predicted molar refractivity (Wildman–Crippen MR) is 136 cm³/mol. The van der Waals surface area contributed by atoms with Crippen molar-refractivity contribution in [3.05, 3.63) is 33.4 Å². The van der Waals surface area contributed by atoms with Crippen LogP contribution in [0.15, 0.2) is 22.2 Å². The first-order valence-electron chi connectivity index (χ1n) is 12.5. The van der Waals surface area contributed by atoms with E-state index in [4.69, 9.17) is 20.9 Å². The van der Waals surface area contributed by atoms with Gasteiger partial charge < -0.3 is 36.3 Å². The summed E-state index contributed by atoms with van der Waals surface area (Å²) in [6.45, 7) is -0.0838. The average Bonchev–Trinajstić information content (AvgIpc) is 3.67. The molecule has 0 aliphatic carbocycles. The van der Waals surface area contributed by atoms with E-state index in [1.54, 1.807) is 4.57 Å². The lowest BCUT2D eigenvalue weighted by Gasteiger charge is -2.22. The second-order valence-electron chi connectivity index (χ2n) is 9.61. The second kappa shape index (κ2) is 10.2. The number of hydrogen-bond acceptors (Lipinski definition) is 15. The van der Waals surface area contributed by atoms with Gasteiger partial charge in [-0.1, -0.05) is 0 Å². The van der Waals surface area contributed by atoms with Crippen molar-refractivity contribution < 1.29 is 24.8 Å². The summed E-state index contributed by atoms with van der Waals surface area (Å²) in [4.78, 5) is 45.2. The van der Waals surface area contributed by atoms with E-state index in [1.807, 2.05) is 0 Å². The maximum atomic E-state index is 12.1. The van der Waals surface area contributed by atoms with Crippen molar-refractivity contribution in [2.45, 2.75) is 55.8 Å². The number of hydrazine groups is 1. The van der Waals surface area contributed by atoms with Gasteiger partial charge in [-0.15, -0.1) is 0 Å². The number of aliphatic hydroxyl groups excluding tert-OH is 3. The van der Waals surface area contributed by atoms with Gasteiger partial charge in [0.15, 0.2) is 28.6 Å². The highest BCUT2D eigenvalue weighted by Gasteiger charge is 2.45. The summed E-state index contributed by atoms with van der Waals surface area (Å²) >= 11 is 0. The molecule has 2 aliphatic rings. The Balaban J connectivity index is 1.07. The number of ether oxygens (including phenoxy) is 2. The number of aromatic nitrogens is 8. The number of nitrogens with zero attached hydrogens (tertiary/aromatic N) is 6. The molecule has 4 aromatic rings. The van der Waals surface area contributed by atoms with Crippen LogP contribution in [0.3, 0.4) is 0 Å². The highest BCUT2D eigenvalue weighted by atomic mass is 16.5. The Morgan fingerprint density at radius 2 is 1.60 bits per heavy atom. The predicted octanol–water partition coefficient (Wildman–Crippen LogP) is -3.83. The van der Waals surface area contributed by atoms with E-state index < -0.39 is 60.6 Å². The lowest BCUT2D eigenvalue weighted by Crippen LogP contribution is -2.52. The maximum Gasteiger partial charge on any atom is 0.280 e. The summed E-state index contributed by atoms with van der Waals surface area (Å²) < 4.78 is 14.8. The second-order valence-corrected chi connectivity index (χ2v) is 9.61. The Kier molecular flexibility index (Phi) is 6.70. The van der Waals surface area contributed by atoms with Crippen LogP contribution in [-0.2, 0) is 9.47 Å². The van der Waals surface area contributed by atoms with Crippen LogP contribution in [0.2, 0.25) is 0 Å². The molecule has 2 fully saturated rings. The summed E-state index contributed by atoms with van der Waals surface area (Å²) in [6, 6.07) is -0.749. The van der Waals surface area contributed by atoms with Gasteiger partial charge in [-0.25, -0.2) is 15.4 Å². The molecule has 7 atom stereocenters. The van der Waals surface area contributed by atoms with E-state index in [-0.39, 0.29) is 40.6 Å². The molecule has 19 nitrogen and oxygen atoms in total. The quantitative estimate of drug-likeness (QED) is 0.0737. The molecule has 4 aromatic heterocycles. The van der Waals surface area contributed by atoms with Crippen molar-refractivity contribution in [3.63, 3.8) is 0 Å². The largest absolute Gasteiger partial charge is 0.394 e. The first-order valence-corrected chi connectivity index (χ1v) is 12.5. The van der Waals surface area contributed by atoms with Gasteiger partial charge in [0.2, 0.25) is 11.9 Å². The third-order valence-corrected chi connectivity index (χ3v) is 7.07. The standard InChI is InChI=1S/C21H28N12O7/c22-20-27-15-12(17(37)29-20)24-5-32(15)10-3-7(35)8(39-10)1-2-26-31-11-9(4-34)40-19(14(11)36)33-6-25-13-16(33)28-21(23)30-18(13)38/h5-11,14,19,26,31,34-36H,1-4H2,(H3,22,27,29,37)(H3,23,28,30,38)/t7-,8+,9+,10+,11+,14+,19+/m0/s1. The van der Waals surface area contributed by atoms with Gasteiger partial charge in [0, 0.05) is 13.0 Å². The molecule has 0 radical (unpaired) electrons. The summed E-state index contributed by atoms with van der Waals surface area (Å²) in [5.74, 6) is -0.169. The number of fused-ring (bicyclic) bond motifs is 2. The van der Waals surface area contributed by atoms with Gasteiger partial charge in [-0.05, 0) is 6.42 Å². The Bertz CT molecular complexity index is 1650. The van der Waals surface area contributed by atoms with Gasteiger partial charge in [-0.3, -0.25) is 34.1 Å². The number of nitrogens with one attached hydrogen (secondary N) is 4. The minimum atomic E-state index is -1.17. The number of anilines is 2. The Morgan fingerprint density at radius 1 is 0.975 bits per heavy atom. The Hall–Kier alpha value is -3.98. The number of aromatic amines is 2. The molecular weight excluding hydrogens is 532 g/mol. The number of hydrogen-bond donors (Lipinski definition) is 9. The summed E-state index contributed by atoms with van der Waals surface area (Å²) in [5.41, 5.74) is 16.8. The molecule has 214 valence electrons.